The second kappa shape index (κ2) is 20.7. The van der Waals surface area contributed by atoms with Crippen molar-refractivity contribution in [3.05, 3.63) is 88.2 Å². The summed E-state index contributed by atoms with van der Waals surface area (Å²) < 4.78 is 44.0. The van der Waals surface area contributed by atoms with Gasteiger partial charge in [0.25, 0.3) is 11.8 Å². The van der Waals surface area contributed by atoms with E-state index in [4.69, 9.17) is 16.3 Å². The SMILES string of the molecule is C=N/C=C\N1C=CC=C(C(=O)N2CCN(/C(C(=O)N(CC(=O)Nc3ccc(C(F)(F)F)cc3Cl)N=C)=C(\CC)NC)CC2)C1.C=NCC1=CCOCC1. The maximum atomic E-state index is 13.7. The van der Waals surface area contributed by atoms with E-state index in [-0.39, 0.29) is 22.3 Å². The standard InChI is InChI=1S/C29H34ClF3N8O3.C7H11NO/c1-5-23(35-3)26(39-13-15-40(16-14-39)27(43)20-7-6-11-38(18-20)12-10-34-2)28(44)41(36-4)19-25(42)37-24-9-8-21(17-22(24)30)29(31,32)33;1-8-6-7-2-4-9-5-3-7/h6-12,17,35H,2,4-5,13-16,18-19H2,1,3H3,(H,37,42);2H,1,3-6H2/b12-10-,26-23+;. The maximum Gasteiger partial charge on any atom is 0.416 e. The highest BCUT2D eigenvalue weighted by atomic mass is 35.5. The quantitative estimate of drug-likeness (QED) is 0.129. The van der Waals surface area contributed by atoms with E-state index in [0.717, 1.165) is 43.3 Å². The van der Waals surface area contributed by atoms with Crippen LogP contribution in [-0.2, 0) is 25.3 Å². The number of amides is 3. The molecule has 3 heterocycles. The predicted octanol–water partition coefficient (Wildman–Crippen LogP) is 4.69. The molecule has 53 heavy (non-hydrogen) atoms. The van der Waals surface area contributed by atoms with Crippen LogP contribution in [0.3, 0.4) is 0 Å². The highest BCUT2D eigenvalue weighted by Crippen LogP contribution is 2.33. The summed E-state index contributed by atoms with van der Waals surface area (Å²) in [4.78, 5) is 52.6. The monoisotopic (exact) mass is 759 g/mol. The summed E-state index contributed by atoms with van der Waals surface area (Å²) in [5.41, 5.74) is 1.80. The lowest BCUT2D eigenvalue weighted by Gasteiger charge is -2.39. The molecule has 13 nitrogen and oxygen atoms in total. The Kier molecular flexibility index (Phi) is 16.5. The fourth-order valence-electron chi connectivity index (χ4n) is 5.48. The summed E-state index contributed by atoms with van der Waals surface area (Å²) in [5.74, 6) is -1.47. The Morgan fingerprint density at radius 1 is 1.11 bits per heavy atom. The zero-order valence-electron chi connectivity index (χ0n) is 29.9. The smallest absolute Gasteiger partial charge is 0.390 e. The normalized spacial score (nSPS) is 16.4. The number of carbonyl (C=O) groups is 3. The number of anilines is 1. The van der Waals surface area contributed by atoms with Crippen molar-refractivity contribution in [1.29, 1.82) is 0 Å². The Morgan fingerprint density at radius 3 is 2.40 bits per heavy atom. The van der Waals surface area contributed by atoms with Crippen molar-refractivity contribution in [2.45, 2.75) is 25.9 Å². The van der Waals surface area contributed by atoms with Gasteiger partial charge in [-0.3, -0.25) is 24.4 Å². The fraction of sp³-hybridized carbons (Fsp3) is 0.389. The lowest BCUT2D eigenvalue weighted by Crippen LogP contribution is -2.52. The molecule has 0 saturated carbocycles. The molecule has 1 fully saturated rings. The van der Waals surface area contributed by atoms with Crippen LogP contribution in [0.25, 0.3) is 0 Å². The third kappa shape index (κ3) is 12.5. The Bertz CT molecular complexity index is 1660. The summed E-state index contributed by atoms with van der Waals surface area (Å²) in [6.07, 6.45) is 7.58. The molecule has 0 aliphatic carbocycles. The lowest BCUT2D eigenvalue weighted by molar-refractivity contribution is -0.137. The van der Waals surface area contributed by atoms with Gasteiger partial charge >= 0.3 is 6.18 Å². The van der Waals surface area contributed by atoms with E-state index in [1.807, 2.05) is 22.9 Å². The van der Waals surface area contributed by atoms with Crippen molar-refractivity contribution in [1.82, 2.24) is 25.0 Å². The molecule has 2 N–H and O–H groups in total. The minimum atomic E-state index is -4.60. The molecule has 0 bridgehead atoms. The summed E-state index contributed by atoms with van der Waals surface area (Å²) >= 11 is 5.95. The van der Waals surface area contributed by atoms with Gasteiger partial charge in [-0.05, 0) is 56.1 Å². The number of hydrogen-bond acceptors (Lipinski definition) is 10. The maximum absolute atomic E-state index is 13.7. The Labute approximate surface area is 312 Å². The van der Waals surface area contributed by atoms with E-state index in [9.17, 15) is 27.6 Å². The van der Waals surface area contributed by atoms with Crippen LogP contribution >= 0.6 is 11.6 Å². The summed E-state index contributed by atoms with van der Waals surface area (Å²) in [6, 6.07) is 2.52. The number of hydrogen-bond donors (Lipinski definition) is 2. The predicted molar refractivity (Wildman–Crippen MR) is 201 cm³/mol. The Balaban J connectivity index is 0.000000731. The largest absolute Gasteiger partial charge is 0.416 e. The summed E-state index contributed by atoms with van der Waals surface area (Å²) in [5, 5.41) is 9.74. The van der Waals surface area contributed by atoms with Crippen LogP contribution in [0.5, 0.6) is 0 Å². The van der Waals surface area contributed by atoms with Gasteiger partial charge < -0.3 is 30.1 Å². The molecule has 4 rings (SSSR count). The number of nitrogens with zero attached hydrogens (tertiary/aromatic N) is 7. The number of piperazine rings is 1. The molecule has 0 atom stereocenters. The number of rotatable bonds is 13. The van der Waals surface area contributed by atoms with Crippen LogP contribution in [0.4, 0.5) is 18.9 Å². The minimum Gasteiger partial charge on any atom is -0.390 e. The fourth-order valence-corrected chi connectivity index (χ4v) is 5.71. The number of ether oxygens (including phenoxy) is 1. The van der Waals surface area contributed by atoms with Crippen molar-refractivity contribution in [3.63, 3.8) is 0 Å². The van der Waals surface area contributed by atoms with E-state index in [2.05, 4.69) is 51.9 Å². The number of benzene rings is 1. The van der Waals surface area contributed by atoms with Crippen LogP contribution in [-0.4, -0.2) is 124 Å². The number of alkyl halides is 3. The number of nitrogens with one attached hydrogen (secondary N) is 2. The first-order chi connectivity index (χ1) is 25.4. The number of aliphatic imine (C=N–C) groups is 2. The molecule has 3 aliphatic rings. The molecule has 0 unspecified atom stereocenters. The molecule has 1 aromatic rings. The van der Waals surface area contributed by atoms with Crippen molar-refractivity contribution in [3.8, 4) is 0 Å². The van der Waals surface area contributed by atoms with E-state index >= 15 is 0 Å². The highest BCUT2D eigenvalue weighted by molar-refractivity contribution is 6.33. The molecule has 1 saturated heterocycles. The summed E-state index contributed by atoms with van der Waals surface area (Å²) in [6.45, 7) is 15.7. The average molecular weight is 760 g/mol. The molecule has 0 aromatic heterocycles. The molecule has 17 heteroatoms. The van der Waals surface area contributed by atoms with Crippen molar-refractivity contribution in [2.24, 2.45) is 15.1 Å². The Morgan fingerprint density at radius 2 is 1.83 bits per heavy atom. The zero-order chi connectivity index (χ0) is 39.0. The van der Waals surface area contributed by atoms with Crippen molar-refractivity contribution in [2.75, 3.05) is 71.4 Å². The second-order valence-corrected chi connectivity index (χ2v) is 12.1. The molecule has 3 amide bonds. The van der Waals surface area contributed by atoms with Gasteiger partial charge in [-0.25, -0.2) is 5.01 Å². The number of halogens is 4. The Hall–Kier alpha value is -5.22. The topological polar surface area (TPSA) is 135 Å². The van der Waals surface area contributed by atoms with Gasteiger partial charge in [0, 0.05) is 69.8 Å². The van der Waals surface area contributed by atoms with E-state index in [1.54, 1.807) is 30.3 Å². The van der Waals surface area contributed by atoms with Crippen molar-refractivity contribution < 1.29 is 32.3 Å². The molecular weight excluding hydrogens is 715 g/mol. The molecule has 1 aromatic carbocycles. The second-order valence-electron chi connectivity index (χ2n) is 11.7. The van der Waals surface area contributed by atoms with Gasteiger partial charge in [0.2, 0.25) is 5.91 Å². The van der Waals surface area contributed by atoms with Gasteiger partial charge in [0.1, 0.15) is 12.2 Å². The molecule has 3 aliphatic heterocycles. The first kappa shape index (κ1) is 42.2. The molecule has 0 spiro atoms. The van der Waals surface area contributed by atoms with Gasteiger partial charge in [-0.1, -0.05) is 30.7 Å². The van der Waals surface area contributed by atoms with Crippen molar-refractivity contribution >= 4 is 55.2 Å². The van der Waals surface area contributed by atoms with Gasteiger partial charge in [0.15, 0.2) is 0 Å². The number of hydrazone groups is 1. The molecular formula is C36H45ClF3N9O4. The van der Waals surface area contributed by atoms with Gasteiger partial charge in [-0.2, -0.15) is 18.3 Å². The van der Waals surface area contributed by atoms with Gasteiger partial charge in [-0.15, -0.1) is 0 Å². The number of allylic oxidation sites excluding steroid dienone is 3. The van der Waals surface area contributed by atoms with E-state index in [0.29, 0.717) is 56.5 Å². The van der Waals surface area contributed by atoms with E-state index in [1.165, 1.54) is 11.8 Å². The zero-order valence-corrected chi connectivity index (χ0v) is 30.6. The van der Waals surface area contributed by atoms with Crippen LogP contribution in [0, 0.1) is 0 Å². The highest BCUT2D eigenvalue weighted by Gasteiger charge is 2.33. The van der Waals surface area contributed by atoms with Crippen LogP contribution < -0.4 is 10.6 Å². The van der Waals surface area contributed by atoms with Crippen LogP contribution in [0.1, 0.15) is 25.3 Å². The van der Waals surface area contributed by atoms with Crippen LogP contribution in [0.2, 0.25) is 5.02 Å². The first-order valence-corrected chi connectivity index (χ1v) is 17.1. The summed E-state index contributed by atoms with van der Waals surface area (Å²) in [7, 11) is 1.67. The minimum absolute atomic E-state index is 0.0535. The lowest BCUT2D eigenvalue weighted by atomic mass is 10.1. The van der Waals surface area contributed by atoms with E-state index < -0.39 is 30.1 Å². The molecule has 286 valence electrons. The average Bonchev–Trinajstić information content (AvgIpc) is 3.16. The molecule has 0 radical (unpaired) electrons. The van der Waals surface area contributed by atoms with Gasteiger partial charge in [0.05, 0.1) is 42.6 Å². The third-order valence-electron chi connectivity index (χ3n) is 8.23. The van der Waals surface area contributed by atoms with Crippen LogP contribution in [0.15, 0.2) is 92.7 Å². The first-order valence-electron chi connectivity index (χ1n) is 16.7. The third-order valence-corrected chi connectivity index (χ3v) is 8.55. The number of carbonyl (C=O) groups excluding carboxylic acids is 3.